The van der Waals surface area contributed by atoms with Crippen LogP contribution in [0.1, 0.15) is 55.2 Å². The van der Waals surface area contributed by atoms with Crippen LogP contribution in [0.25, 0.3) is 11.1 Å². The van der Waals surface area contributed by atoms with Gasteiger partial charge in [-0.1, -0.05) is 67.8 Å². The van der Waals surface area contributed by atoms with E-state index in [1.54, 1.807) is 0 Å². The molecule has 1 aliphatic carbocycles. The van der Waals surface area contributed by atoms with Crippen molar-refractivity contribution in [3.05, 3.63) is 93.5 Å². The molecule has 0 amide bonds. The van der Waals surface area contributed by atoms with Gasteiger partial charge in [-0.25, -0.2) is 17.6 Å². The second kappa shape index (κ2) is 9.66. The highest BCUT2D eigenvalue weighted by Gasteiger charge is 2.24. The number of benzene rings is 3. The van der Waals surface area contributed by atoms with Gasteiger partial charge in [0.25, 0.3) is 0 Å². The standard InChI is InChI=1S/C27H25ClF4/c1-16-2-8-20(9-3-16)22-13-12-21(25(28)26(22)31)19-10-6-17(7-11-19)4-5-18-14-23(29)27(32)24(30)15-18/h6-7,10-16,20H,2-5,8-9H2,1H3. The Morgan fingerprint density at radius 3 is 1.97 bits per heavy atom. The summed E-state index contributed by atoms with van der Waals surface area (Å²) in [5.41, 5.74) is 3.50. The first-order valence-electron chi connectivity index (χ1n) is 11.0. The zero-order valence-electron chi connectivity index (χ0n) is 17.9. The molecule has 0 aromatic heterocycles. The van der Waals surface area contributed by atoms with Gasteiger partial charge >= 0.3 is 0 Å². The molecule has 1 fully saturated rings. The molecule has 0 radical (unpaired) electrons. The fourth-order valence-electron chi connectivity index (χ4n) is 4.57. The van der Waals surface area contributed by atoms with Crippen molar-refractivity contribution in [3.63, 3.8) is 0 Å². The molecule has 0 nitrogen and oxygen atoms in total. The predicted octanol–water partition coefficient (Wildman–Crippen LogP) is 8.64. The maximum Gasteiger partial charge on any atom is 0.194 e. The normalized spacial score (nSPS) is 18.7. The third kappa shape index (κ3) is 4.85. The van der Waals surface area contributed by atoms with Gasteiger partial charge in [-0.2, -0.15) is 0 Å². The molecule has 5 heteroatoms. The van der Waals surface area contributed by atoms with Crippen molar-refractivity contribution >= 4 is 11.6 Å². The molecule has 0 N–H and O–H groups in total. The number of halogens is 5. The predicted molar refractivity (Wildman–Crippen MR) is 121 cm³/mol. The lowest BCUT2D eigenvalue weighted by atomic mass is 9.79. The Balaban J connectivity index is 1.47. The molecule has 0 bridgehead atoms. The van der Waals surface area contributed by atoms with E-state index in [0.717, 1.165) is 48.9 Å². The van der Waals surface area contributed by atoms with E-state index in [1.807, 2.05) is 36.4 Å². The molecule has 0 spiro atoms. The van der Waals surface area contributed by atoms with Gasteiger partial charge in [0.05, 0.1) is 5.02 Å². The van der Waals surface area contributed by atoms with Crippen LogP contribution < -0.4 is 0 Å². The highest BCUT2D eigenvalue weighted by molar-refractivity contribution is 6.33. The molecule has 1 saturated carbocycles. The van der Waals surface area contributed by atoms with Crippen LogP contribution in [0.3, 0.4) is 0 Å². The number of hydrogen-bond donors (Lipinski definition) is 0. The highest BCUT2D eigenvalue weighted by Crippen LogP contribution is 2.40. The third-order valence-electron chi connectivity index (χ3n) is 6.58. The monoisotopic (exact) mass is 460 g/mol. The van der Waals surface area contributed by atoms with E-state index in [0.29, 0.717) is 35.4 Å². The van der Waals surface area contributed by atoms with Crippen molar-refractivity contribution in [1.29, 1.82) is 0 Å². The van der Waals surface area contributed by atoms with E-state index in [1.165, 1.54) is 0 Å². The first-order valence-corrected chi connectivity index (χ1v) is 11.4. The fraction of sp³-hybridized carbons (Fsp3) is 0.333. The van der Waals surface area contributed by atoms with E-state index >= 15 is 4.39 Å². The summed E-state index contributed by atoms with van der Waals surface area (Å²) >= 11 is 6.43. The zero-order chi connectivity index (χ0) is 22.8. The topological polar surface area (TPSA) is 0 Å². The SMILES string of the molecule is CC1CCC(c2ccc(-c3ccc(CCc4cc(F)c(F)c(F)c4)cc3)c(Cl)c2F)CC1. The summed E-state index contributed by atoms with van der Waals surface area (Å²) in [5.74, 6) is -3.22. The van der Waals surface area contributed by atoms with E-state index < -0.39 is 17.5 Å². The summed E-state index contributed by atoms with van der Waals surface area (Å²) in [6, 6.07) is 13.3. The molecule has 0 atom stereocenters. The van der Waals surface area contributed by atoms with Gasteiger partial charge in [-0.15, -0.1) is 0 Å². The Morgan fingerprint density at radius 1 is 0.750 bits per heavy atom. The van der Waals surface area contributed by atoms with Crippen LogP contribution in [0.15, 0.2) is 48.5 Å². The van der Waals surface area contributed by atoms with Crippen LogP contribution in [0.4, 0.5) is 17.6 Å². The average molecular weight is 461 g/mol. The van der Waals surface area contributed by atoms with Gasteiger partial charge in [0, 0.05) is 5.56 Å². The lowest BCUT2D eigenvalue weighted by molar-refractivity contribution is 0.342. The van der Waals surface area contributed by atoms with Crippen molar-refractivity contribution in [3.8, 4) is 11.1 Å². The fourth-order valence-corrected chi connectivity index (χ4v) is 4.85. The van der Waals surface area contributed by atoms with E-state index in [9.17, 15) is 13.2 Å². The van der Waals surface area contributed by atoms with Gasteiger partial charge in [0.2, 0.25) is 0 Å². The molecule has 32 heavy (non-hydrogen) atoms. The average Bonchev–Trinajstić information content (AvgIpc) is 2.79. The van der Waals surface area contributed by atoms with Crippen molar-refractivity contribution in [2.24, 2.45) is 5.92 Å². The summed E-state index contributed by atoms with van der Waals surface area (Å²) in [6.45, 7) is 2.24. The highest BCUT2D eigenvalue weighted by atomic mass is 35.5. The summed E-state index contributed by atoms with van der Waals surface area (Å²) in [4.78, 5) is 0. The third-order valence-corrected chi connectivity index (χ3v) is 6.95. The Morgan fingerprint density at radius 2 is 1.34 bits per heavy atom. The van der Waals surface area contributed by atoms with Crippen LogP contribution in [0.2, 0.25) is 5.02 Å². The molecular weight excluding hydrogens is 436 g/mol. The largest absolute Gasteiger partial charge is 0.205 e. The summed E-state index contributed by atoms with van der Waals surface area (Å²) in [7, 11) is 0. The molecule has 1 aliphatic rings. The van der Waals surface area contributed by atoms with Crippen molar-refractivity contribution in [1.82, 2.24) is 0 Å². The Kier molecular flexibility index (Phi) is 6.90. The van der Waals surface area contributed by atoms with Gasteiger partial charge in [-0.05, 0) is 71.9 Å². The van der Waals surface area contributed by atoms with Crippen molar-refractivity contribution < 1.29 is 17.6 Å². The van der Waals surface area contributed by atoms with E-state index in [-0.39, 0.29) is 16.8 Å². The summed E-state index contributed by atoms with van der Waals surface area (Å²) in [5, 5.41) is 0.145. The molecule has 4 rings (SSSR count). The van der Waals surface area contributed by atoms with Crippen LogP contribution in [-0.4, -0.2) is 0 Å². The summed E-state index contributed by atoms with van der Waals surface area (Å²) < 4.78 is 55.0. The maximum absolute atomic E-state index is 15.1. The Labute approximate surface area is 191 Å². The quantitative estimate of drug-likeness (QED) is 0.264. The molecular formula is C27H25ClF4. The lowest BCUT2D eigenvalue weighted by Gasteiger charge is -2.27. The minimum absolute atomic E-state index is 0.145. The van der Waals surface area contributed by atoms with E-state index in [2.05, 4.69) is 6.92 Å². The molecule has 168 valence electrons. The molecule has 3 aromatic carbocycles. The smallest absolute Gasteiger partial charge is 0.194 e. The lowest BCUT2D eigenvalue weighted by Crippen LogP contribution is -2.12. The Hall–Kier alpha value is -2.33. The molecule has 0 aliphatic heterocycles. The minimum atomic E-state index is -1.45. The van der Waals surface area contributed by atoms with Crippen molar-refractivity contribution in [2.75, 3.05) is 0 Å². The van der Waals surface area contributed by atoms with Crippen LogP contribution in [0.5, 0.6) is 0 Å². The molecule has 0 saturated heterocycles. The first kappa shape index (κ1) is 22.8. The molecule has 0 heterocycles. The van der Waals surface area contributed by atoms with Gasteiger partial charge in [0.15, 0.2) is 17.5 Å². The summed E-state index contributed by atoms with van der Waals surface area (Å²) in [6.07, 6.45) is 5.11. The minimum Gasteiger partial charge on any atom is -0.205 e. The first-order chi connectivity index (χ1) is 15.3. The van der Waals surface area contributed by atoms with Crippen LogP contribution in [0, 0.1) is 29.2 Å². The van der Waals surface area contributed by atoms with Crippen molar-refractivity contribution in [2.45, 2.75) is 51.4 Å². The molecule has 3 aromatic rings. The van der Waals surface area contributed by atoms with Gasteiger partial charge in [-0.3, -0.25) is 0 Å². The second-order valence-electron chi connectivity index (χ2n) is 8.86. The van der Waals surface area contributed by atoms with Crippen LogP contribution >= 0.6 is 11.6 Å². The number of rotatable bonds is 5. The number of hydrogen-bond acceptors (Lipinski definition) is 0. The zero-order valence-corrected chi connectivity index (χ0v) is 18.7. The second-order valence-corrected chi connectivity index (χ2v) is 9.24. The Bertz CT molecular complexity index is 1080. The van der Waals surface area contributed by atoms with Gasteiger partial charge in [0.1, 0.15) is 5.82 Å². The van der Waals surface area contributed by atoms with Crippen LogP contribution in [-0.2, 0) is 12.8 Å². The maximum atomic E-state index is 15.1. The van der Waals surface area contributed by atoms with Gasteiger partial charge < -0.3 is 0 Å². The van der Waals surface area contributed by atoms with E-state index in [4.69, 9.17) is 11.6 Å². The molecule has 0 unspecified atom stereocenters. The number of aryl methyl sites for hydroxylation is 2.